The Balaban J connectivity index is 2.94. The molecule has 0 saturated carbocycles. The van der Waals surface area contributed by atoms with E-state index >= 15 is 0 Å². The van der Waals surface area contributed by atoms with E-state index in [4.69, 9.17) is 21.3 Å². The molecule has 10 heteroatoms. The molecule has 5 nitrogen and oxygen atoms in total. The van der Waals surface area contributed by atoms with Crippen LogP contribution >= 0.6 is 19.8 Å². The second-order valence-electron chi connectivity index (χ2n) is 4.28. The van der Waals surface area contributed by atoms with Crippen molar-refractivity contribution in [1.29, 1.82) is 0 Å². The summed E-state index contributed by atoms with van der Waals surface area (Å²) in [6, 6.07) is 8.38. The van der Waals surface area contributed by atoms with Crippen molar-refractivity contribution in [2.45, 2.75) is 25.8 Å². The Kier molecular flexibility index (Phi) is 7.47. The maximum absolute atomic E-state index is 13.3. The molecule has 1 aromatic carbocycles. The van der Waals surface area contributed by atoms with Gasteiger partial charge in [-0.3, -0.25) is 4.57 Å². The highest BCUT2D eigenvalue weighted by atomic mass is 32.1. The van der Waals surface area contributed by atoms with Crippen LogP contribution in [-0.4, -0.2) is 30.3 Å². The lowest BCUT2D eigenvalue weighted by atomic mass is 10.3. The van der Waals surface area contributed by atoms with Gasteiger partial charge in [-0.1, -0.05) is 18.2 Å². The molecule has 1 aromatic rings. The molecule has 0 aromatic heterocycles. The summed E-state index contributed by atoms with van der Waals surface area (Å²) in [6.45, 7) is 2.48. The lowest BCUT2D eigenvalue weighted by molar-refractivity contribution is -0.138. The van der Waals surface area contributed by atoms with Crippen LogP contribution in [0.5, 0.6) is 0 Å². The number of anilines is 1. The van der Waals surface area contributed by atoms with Crippen LogP contribution in [0.2, 0.25) is 0 Å². The number of hydrogen-bond donors (Lipinski definition) is 2. The van der Waals surface area contributed by atoms with Gasteiger partial charge in [-0.05, 0) is 38.2 Å². The molecule has 1 atom stereocenters. The van der Waals surface area contributed by atoms with Gasteiger partial charge in [0.1, 0.15) is 0 Å². The van der Waals surface area contributed by atoms with Crippen LogP contribution in [-0.2, 0) is 13.6 Å². The fourth-order valence-electron chi connectivity index (χ4n) is 1.70. The summed E-state index contributed by atoms with van der Waals surface area (Å²) in [6.07, 6.45) is -4.87. The highest BCUT2D eigenvalue weighted by Crippen LogP contribution is 2.56. The Morgan fingerprint density at radius 2 is 1.74 bits per heavy atom. The van der Waals surface area contributed by atoms with E-state index in [9.17, 15) is 17.7 Å². The molecule has 0 saturated heterocycles. The lowest BCUT2D eigenvalue weighted by Gasteiger charge is -2.29. The molecule has 0 fully saturated rings. The average molecular weight is 370 g/mol. The Hall–Kier alpha value is -1.15. The van der Waals surface area contributed by atoms with Crippen LogP contribution < -0.4 is 10.6 Å². The third-order valence-electron chi connectivity index (χ3n) is 2.54. The molecule has 0 heterocycles. The van der Waals surface area contributed by atoms with E-state index in [2.05, 4.69) is 5.32 Å². The minimum atomic E-state index is -4.87. The van der Waals surface area contributed by atoms with E-state index in [0.29, 0.717) is 5.69 Å². The quantitative estimate of drug-likeness (QED) is 0.556. The summed E-state index contributed by atoms with van der Waals surface area (Å²) < 4.78 is 61.8. The third kappa shape index (κ3) is 6.10. The molecule has 130 valence electrons. The maximum atomic E-state index is 13.3. The van der Waals surface area contributed by atoms with E-state index in [1.54, 1.807) is 30.3 Å². The monoisotopic (exact) mass is 370 g/mol. The Morgan fingerprint density at radius 3 is 2.17 bits per heavy atom. The predicted molar refractivity (Wildman–Crippen MR) is 86.5 cm³/mol. The van der Waals surface area contributed by atoms with Crippen LogP contribution in [0.3, 0.4) is 0 Å². The number of hydrogen-bond acceptors (Lipinski definition) is 4. The van der Waals surface area contributed by atoms with Gasteiger partial charge in [-0.2, -0.15) is 13.2 Å². The molecular formula is C13H18F3N2O3PS. The fraction of sp³-hybridized carbons (Fsp3) is 0.462. The van der Waals surface area contributed by atoms with Crippen molar-refractivity contribution in [3.8, 4) is 0 Å². The Morgan fingerprint density at radius 1 is 1.22 bits per heavy atom. The highest BCUT2D eigenvalue weighted by Gasteiger charge is 2.54. The molecule has 0 radical (unpaired) electrons. The standard InChI is InChI=1S/C13H18F3N2O3PS/c1-3-20-22(19,21-4-2)11(13(14,15)16)18-12(23)17-10-8-6-5-7-9-10/h5-9,11H,3-4H2,1-2H3,(H2,17,18,23). The van der Waals surface area contributed by atoms with Crippen molar-refractivity contribution in [3.05, 3.63) is 30.3 Å². The molecule has 1 unspecified atom stereocenters. The van der Waals surface area contributed by atoms with Crippen LogP contribution in [0.25, 0.3) is 0 Å². The summed E-state index contributed by atoms with van der Waals surface area (Å²) >= 11 is 4.86. The number of nitrogens with one attached hydrogen (secondary N) is 2. The van der Waals surface area contributed by atoms with E-state index < -0.39 is 19.6 Å². The first-order chi connectivity index (χ1) is 10.7. The smallest absolute Gasteiger partial charge is 0.341 e. The van der Waals surface area contributed by atoms with Gasteiger partial charge in [0.2, 0.25) is 5.78 Å². The van der Waals surface area contributed by atoms with E-state index in [1.807, 2.05) is 5.32 Å². The minimum absolute atomic E-state index is 0.190. The van der Waals surface area contributed by atoms with Gasteiger partial charge < -0.3 is 19.7 Å². The SMILES string of the molecule is CCOP(=O)(OCC)C(NC(=S)Nc1ccccc1)C(F)(F)F. The summed E-state index contributed by atoms with van der Waals surface area (Å²) in [5.41, 5.74) is 0.494. The second-order valence-corrected chi connectivity index (χ2v) is 6.80. The van der Waals surface area contributed by atoms with E-state index in [-0.39, 0.29) is 18.3 Å². The molecule has 0 amide bonds. The first kappa shape index (κ1) is 19.9. The van der Waals surface area contributed by atoms with Crippen LogP contribution in [0.4, 0.5) is 18.9 Å². The average Bonchev–Trinajstić information content (AvgIpc) is 2.45. The van der Waals surface area contributed by atoms with Crippen molar-refractivity contribution in [2.24, 2.45) is 0 Å². The number of alkyl halides is 3. The zero-order valence-electron chi connectivity index (χ0n) is 12.6. The third-order valence-corrected chi connectivity index (χ3v) is 5.05. The number of para-hydroxylation sites is 1. The number of rotatable bonds is 7. The summed E-state index contributed by atoms with van der Waals surface area (Å²) in [5.74, 6) is -2.56. The first-order valence-corrected chi connectivity index (χ1v) is 8.83. The topological polar surface area (TPSA) is 59.6 Å². The number of thiocarbonyl (C=S) groups is 1. The molecule has 0 aliphatic heterocycles. The predicted octanol–water partition coefficient (Wildman–Crippen LogP) is 4.13. The van der Waals surface area contributed by atoms with Crippen molar-refractivity contribution >= 4 is 30.6 Å². The van der Waals surface area contributed by atoms with Crippen molar-refractivity contribution in [1.82, 2.24) is 5.32 Å². The largest absolute Gasteiger partial charge is 0.420 e. The molecule has 1 rings (SSSR count). The van der Waals surface area contributed by atoms with Crippen LogP contribution in [0.1, 0.15) is 13.8 Å². The minimum Gasteiger partial charge on any atom is -0.341 e. The highest BCUT2D eigenvalue weighted by molar-refractivity contribution is 7.80. The summed E-state index contributed by atoms with van der Waals surface area (Å²) in [5, 5.41) is 4.25. The normalized spacial score (nSPS) is 13.4. The number of halogens is 3. The van der Waals surface area contributed by atoms with Gasteiger partial charge >= 0.3 is 13.8 Å². The summed E-state index contributed by atoms with van der Waals surface area (Å²) in [4.78, 5) is 0. The Labute approximate surface area is 138 Å². The van der Waals surface area contributed by atoms with Crippen LogP contribution in [0, 0.1) is 0 Å². The van der Waals surface area contributed by atoms with Gasteiger partial charge in [0.15, 0.2) is 5.11 Å². The molecule has 0 spiro atoms. The van der Waals surface area contributed by atoms with Crippen LogP contribution in [0.15, 0.2) is 30.3 Å². The van der Waals surface area contributed by atoms with Gasteiger partial charge in [0.25, 0.3) is 0 Å². The maximum Gasteiger partial charge on any atom is 0.420 e. The second kappa shape index (κ2) is 8.63. The van der Waals surface area contributed by atoms with Crippen molar-refractivity contribution in [2.75, 3.05) is 18.5 Å². The zero-order chi connectivity index (χ0) is 17.5. The van der Waals surface area contributed by atoms with E-state index in [0.717, 1.165) is 0 Å². The molecule has 23 heavy (non-hydrogen) atoms. The number of benzene rings is 1. The Bertz CT molecular complexity index is 547. The van der Waals surface area contributed by atoms with Gasteiger partial charge in [0.05, 0.1) is 13.2 Å². The van der Waals surface area contributed by atoms with Gasteiger partial charge in [-0.15, -0.1) is 0 Å². The summed E-state index contributed by atoms with van der Waals surface area (Å²) in [7, 11) is -4.47. The van der Waals surface area contributed by atoms with E-state index in [1.165, 1.54) is 13.8 Å². The molecule has 0 aliphatic carbocycles. The van der Waals surface area contributed by atoms with Gasteiger partial charge in [-0.25, -0.2) is 0 Å². The molecule has 2 N–H and O–H groups in total. The van der Waals surface area contributed by atoms with Crippen molar-refractivity contribution < 1.29 is 26.8 Å². The zero-order valence-corrected chi connectivity index (χ0v) is 14.3. The first-order valence-electron chi connectivity index (χ1n) is 6.81. The molecular weight excluding hydrogens is 352 g/mol. The van der Waals surface area contributed by atoms with Gasteiger partial charge in [0, 0.05) is 5.69 Å². The molecule has 0 bridgehead atoms. The van der Waals surface area contributed by atoms with Crippen molar-refractivity contribution in [3.63, 3.8) is 0 Å². The fourth-order valence-corrected chi connectivity index (χ4v) is 3.76. The lowest BCUT2D eigenvalue weighted by Crippen LogP contribution is -2.47. The molecule has 0 aliphatic rings.